The van der Waals surface area contributed by atoms with E-state index in [2.05, 4.69) is 20.4 Å². The summed E-state index contributed by atoms with van der Waals surface area (Å²) in [5.41, 5.74) is 3.36. The number of halogens is 1. The highest BCUT2D eigenvalue weighted by atomic mass is 35.5. The van der Waals surface area contributed by atoms with Crippen LogP contribution in [0, 0.1) is 10.1 Å². The zero-order valence-corrected chi connectivity index (χ0v) is 32.2. The Morgan fingerprint density at radius 2 is 1.91 bits per heavy atom. The van der Waals surface area contributed by atoms with Crippen LogP contribution in [0.1, 0.15) is 30.5 Å². The van der Waals surface area contributed by atoms with Crippen LogP contribution < -0.4 is 20.3 Å². The Kier molecular flexibility index (Phi) is 11.3. The van der Waals surface area contributed by atoms with Crippen LogP contribution >= 0.6 is 11.6 Å². The number of likely N-dealkylation sites (N-methyl/N-ethyl adjacent to an activating group) is 1. The lowest BCUT2D eigenvalue weighted by Gasteiger charge is -2.28. The summed E-state index contributed by atoms with van der Waals surface area (Å²) in [6.07, 6.45) is 9.02. The summed E-state index contributed by atoms with van der Waals surface area (Å²) in [5.74, 6) is 1.75. The third-order valence-corrected chi connectivity index (χ3v) is 9.80. The SMILES string of the molecule is COc1cc(OC)c(Cl)c(-c2cc3cnc(Nc4ccn(C)n4)cc3n(C(C)c3cccc(CC(=O)/C=C/C[N+](C)(C)CC4=C([N+](=O)[O-])N=CC4)c3)c2=O)c1. The van der Waals surface area contributed by atoms with E-state index in [9.17, 15) is 19.7 Å². The average molecular weight is 766 g/mol. The lowest BCUT2D eigenvalue weighted by atomic mass is 9.99. The molecule has 4 heterocycles. The predicted octanol–water partition coefficient (Wildman–Crippen LogP) is 6.53. The van der Waals surface area contributed by atoms with Crippen LogP contribution in [-0.2, 0) is 18.3 Å². The summed E-state index contributed by atoms with van der Waals surface area (Å²) in [7, 11) is 8.76. The van der Waals surface area contributed by atoms with E-state index in [1.807, 2.05) is 70.7 Å². The molecule has 0 saturated carbocycles. The Labute approximate surface area is 322 Å². The monoisotopic (exact) mass is 765 g/mol. The van der Waals surface area contributed by atoms with E-state index in [0.29, 0.717) is 74.7 Å². The number of benzene rings is 2. The Balaban J connectivity index is 1.32. The maximum absolute atomic E-state index is 14.7. The van der Waals surface area contributed by atoms with Gasteiger partial charge in [0.05, 0.1) is 57.0 Å². The molecule has 0 saturated heterocycles. The number of carbonyl (C=O) groups is 1. The number of anilines is 2. The lowest BCUT2D eigenvalue weighted by Crippen LogP contribution is -2.41. The molecular weight excluding hydrogens is 724 g/mol. The van der Waals surface area contributed by atoms with Crippen LogP contribution in [-0.4, -0.2) is 82.1 Å². The molecule has 0 spiro atoms. The van der Waals surface area contributed by atoms with Gasteiger partial charge in [-0.2, -0.15) is 5.10 Å². The zero-order chi connectivity index (χ0) is 39.4. The molecule has 1 N–H and O–H groups in total. The second kappa shape index (κ2) is 16.1. The molecule has 1 unspecified atom stereocenters. The Hall–Kier alpha value is -6.12. The third-order valence-electron chi connectivity index (χ3n) is 9.41. The minimum Gasteiger partial charge on any atom is -0.497 e. The molecule has 284 valence electrons. The largest absolute Gasteiger partial charge is 0.497 e. The van der Waals surface area contributed by atoms with Crippen molar-refractivity contribution in [3.05, 3.63) is 127 Å². The number of methoxy groups -OCH3 is 2. The van der Waals surface area contributed by atoms with Gasteiger partial charge in [0, 0.05) is 67.0 Å². The zero-order valence-electron chi connectivity index (χ0n) is 31.4. The highest BCUT2D eigenvalue weighted by molar-refractivity contribution is 6.35. The number of nitro groups is 1. The molecule has 1 aliphatic rings. The number of nitrogens with zero attached hydrogens (tertiary/aromatic N) is 7. The first-order valence-corrected chi connectivity index (χ1v) is 17.9. The van der Waals surface area contributed by atoms with Gasteiger partial charge in [-0.15, -0.1) is 0 Å². The first kappa shape index (κ1) is 38.6. The predicted molar refractivity (Wildman–Crippen MR) is 213 cm³/mol. The van der Waals surface area contributed by atoms with Crippen molar-refractivity contribution in [2.75, 3.05) is 46.7 Å². The average Bonchev–Trinajstić information content (AvgIpc) is 3.79. The molecule has 3 aromatic heterocycles. The van der Waals surface area contributed by atoms with Crippen molar-refractivity contribution in [2.24, 2.45) is 12.0 Å². The number of hydrogen-bond acceptors (Lipinski definition) is 10. The molecule has 14 nitrogen and oxygen atoms in total. The molecular formula is C40H42ClN8O6+. The summed E-state index contributed by atoms with van der Waals surface area (Å²) < 4.78 is 14.8. The topological polar surface area (TPSA) is 156 Å². The molecule has 1 aliphatic heterocycles. The van der Waals surface area contributed by atoms with Crippen LogP contribution in [0.25, 0.3) is 22.0 Å². The molecule has 15 heteroatoms. The van der Waals surface area contributed by atoms with Gasteiger partial charge in [-0.25, -0.2) is 4.98 Å². The molecule has 0 amide bonds. The maximum Gasteiger partial charge on any atom is 0.368 e. The van der Waals surface area contributed by atoms with E-state index < -0.39 is 11.0 Å². The number of aromatic nitrogens is 4. The fraction of sp³-hybridized carbons (Fsp3) is 0.275. The number of ketones is 1. The molecule has 6 rings (SSSR count). The summed E-state index contributed by atoms with van der Waals surface area (Å²) >= 11 is 6.81. The summed E-state index contributed by atoms with van der Waals surface area (Å²) in [6, 6.07) is 15.9. The van der Waals surface area contributed by atoms with Gasteiger partial charge in [-0.1, -0.05) is 40.9 Å². The van der Waals surface area contributed by atoms with Gasteiger partial charge in [0.25, 0.3) is 5.56 Å². The standard InChI is InChI=1S/C40H41ClN8O6/c1-25(27-10-7-9-26(17-27)18-30(50)11-8-16-49(3,4)24-28-12-14-42-39(28)48(52)53)47-34-22-37(44-36-13-15-46(2)45-36)43-23-29(34)19-33(40(47)51)32-20-31(54-5)21-35(55-6)38(32)41/h7-11,13-15,17,19-23,25H,12,16,18,24H2,1-6H3/p+1/b11-8+. The van der Waals surface area contributed by atoms with Gasteiger partial charge in [0.1, 0.15) is 30.1 Å². The van der Waals surface area contributed by atoms with Gasteiger partial charge >= 0.3 is 5.82 Å². The van der Waals surface area contributed by atoms with Crippen molar-refractivity contribution in [3.63, 3.8) is 0 Å². The van der Waals surface area contributed by atoms with Crippen molar-refractivity contribution >= 4 is 46.1 Å². The van der Waals surface area contributed by atoms with Crippen LogP contribution in [0.3, 0.4) is 0 Å². The van der Waals surface area contributed by atoms with E-state index in [1.54, 1.807) is 52.0 Å². The summed E-state index contributed by atoms with van der Waals surface area (Å²) in [4.78, 5) is 47.3. The van der Waals surface area contributed by atoms with Gasteiger partial charge in [0.15, 0.2) is 11.6 Å². The van der Waals surface area contributed by atoms with E-state index in [4.69, 9.17) is 21.1 Å². The molecule has 5 aromatic rings. The van der Waals surface area contributed by atoms with E-state index in [-0.39, 0.29) is 28.6 Å². The fourth-order valence-electron chi connectivity index (χ4n) is 6.68. The van der Waals surface area contributed by atoms with Gasteiger partial charge in [-0.05, 0) is 47.3 Å². The second-order valence-corrected chi connectivity index (χ2v) is 14.4. The van der Waals surface area contributed by atoms with Crippen molar-refractivity contribution in [3.8, 4) is 22.6 Å². The van der Waals surface area contributed by atoms with Crippen LogP contribution in [0.2, 0.25) is 5.02 Å². The second-order valence-electron chi connectivity index (χ2n) is 14.0. The quantitative estimate of drug-likeness (QED) is 0.0542. The molecule has 0 fully saturated rings. The molecule has 0 radical (unpaired) electrons. The number of quaternary nitrogens is 1. The normalized spacial score (nSPS) is 13.5. The molecule has 2 aromatic carbocycles. The summed E-state index contributed by atoms with van der Waals surface area (Å²) in [5, 5.41) is 19.9. The number of fused-ring (bicyclic) bond motifs is 1. The lowest BCUT2D eigenvalue weighted by molar-refractivity contribution is -0.880. The first-order chi connectivity index (χ1) is 26.3. The number of allylic oxidation sites excluding steroid dienone is 1. The first-order valence-electron chi connectivity index (χ1n) is 17.5. The molecule has 0 aliphatic carbocycles. The van der Waals surface area contributed by atoms with Gasteiger partial charge in [-0.3, -0.25) is 14.3 Å². The van der Waals surface area contributed by atoms with Crippen LogP contribution in [0.15, 0.2) is 100 Å². The number of pyridine rings is 2. The maximum atomic E-state index is 14.7. The number of aryl methyl sites for hydroxylation is 1. The number of nitrogens with one attached hydrogen (secondary N) is 1. The van der Waals surface area contributed by atoms with E-state index in [1.165, 1.54) is 14.2 Å². The Morgan fingerprint density at radius 3 is 2.62 bits per heavy atom. The van der Waals surface area contributed by atoms with Gasteiger partial charge < -0.3 is 34.0 Å². The number of aliphatic imine (C=N–C) groups is 1. The Bertz CT molecular complexity index is 2450. The van der Waals surface area contributed by atoms with Crippen molar-refractivity contribution in [1.29, 1.82) is 0 Å². The fourth-order valence-corrected chi connectivity index (χ4v) is 6.97. The van der Waals surface area contributed by atoms with Crippen LogP contribution in [0.4, 0.5) is 11.6 Å². The number of hydrogen-bond donors (Lipinski definition) is 1. The number of carbonyl (C=O) groups excluding carboxylic acids is 1. The highest BCUT2D eigenvalue weighted by Crippen LogP contribution is 2.39. The molecule has 55 heavy (non-hydrogen) atoms. The Morgan fingerprint density at radius 1 is 1.11 bits per heavy atom. The van der Waals surface area contributed by atoms with E-state index in [0.717, 1.165) is 11.1 Å². The minimum atomic E-state index is -0.493. The van der Waals surface area contributed by atoms with Crippen molar-refractivity contribution < 1.29 is 23.7 Å². The smallest absolute Gasteiger partial charge is 0.368 e. The highest BCUT2D eigenvalue weighted by Gasteiger charge is 2.28. The van der Waals surface area contributed by atoms with Crippen LogP contribution in [0.5, 0.6) is 11.5 Å². The number of rotatable bonds is 15. The van der Waals surface area contributed by atoms with Gasteiger partial charge in [0.2, 0.25) is 0 Å². The van der Waals surface area contributed by atoms with Crippen molar-refractivity contribution in [1.82, 2.24) is 19.3 Å². The van der Waals surface area contributed by atoms with E-state index >= 15 is 0 Å². The summed E-state index contributed by atoms with van der Waals surface area (Å²) in [6.45, 7) is 2.87. The minimum absolute atomic E-state index is 0.0927. The molecule has 1 atom stereocenters. The van der Waals surface area contributed by atoms with Crippen molar-refractivity contribution in [2.45, 2.75) is 25.8 Å². The third kappa shape index (κ3) is 8.66. The molecule has 0 bridgehead atoms. The number of ether oxygens (including phenoxy) is 2.